The van der Waals surface area contributed by atoms with E-state index < -0.39 is 0 Å². The van der Waals surface area contributed by atoms with Crippen LogP contribution in [0.25, 0.3) is 0 Å². The number of rotatable bonds is 5. The Morgan fingerprint density at radius 2 is 2.31 bits per heavy atom. The Morgan fingerprint density at radius 3 is 2.81 bits per heavy atom. The molecule has 2 N–H and O–H groups in total. The summed E-state index contributed by atoms with van der Waals surface area (Å²) in [6, 6.07) is 3.97. The van der Waals surface area contributed by atoms with Crippen molar-refractivity contribution in [2.24, 2.45) is 5.73 Å². The normalized spacial score (nSPS) is 12.2. The average Bonchev–Trinajstić information content (AvgIpc) is 2.25. The van der Waals surface area contributed by atoms with Crippen molar-refractivity contribution in [2.45, 2.75) is 26.8 Å². The molecule has 0 radical (unpaired) electrons. The van der Waals surface area contributed by atoms with Gasteiger partial charge in [-0.2, -0.15) is 0 Å². The summed E-state index contributed by atoms with van der Waals surface area (Å²) in [5, 5.41) is 0. The molecule has 3 heteroatoms. The van der Waals surface area contributed by atoms with Crippen LogP contribution in [0, 0.1) is 0 Å². The molecule has 1 aromatic rings. The van der Waals surface area contributed by atoms with E-state index in [1.54, 1.807) is 0 Å². The van der Waals surface area contributed by atoms with Crippen molar-refractivity contribution in [1.82, 2.24) is 4.98 Å². The summed E-state index contributed by atoms with van der Waals surface area (Å²) in [7, 11) is 0. The standard InChI is InChI=1S/C13H21N3/c1-5-16(9-10(2)3)13-12(11(4)14)7-6-8-15-13/h6-8,11H,2,5,9,14H2,1,3-4H3. The molecule has 0 saturated heterocycles. The molecule has 1 atom stereocenters. The second kappa shape index (κ2) is 5.66. The van der Waals surface area contributed by atoms with Crippen LogP contribution in [-0.4, -0.2) is 18.1 Å². The van der Waals surface area contributed by atoms with Crippen LogP contribution in [0.3, 0.4) is 0 Å². The second-order valence-corrected chi connectivity index (χ2v) is 4.18. The Hall–Kier alpha value is -1.35. The molecule has 1 unspecified atom stereocenters. The van der Waals surface area contributed by atoms with Gasteiger partial charge in [0, 0.05) is 30.9 Å². The van der Waals surface area contributed by atoms with Gasteiger partial charge in [0.1, 0.15) is 5.82 Å². The molecule has 0 spiro atoms. The van der Waals surface area contributed by atoms with Crippen LogP contribution in [0.15, 0.2) is 30.5 Å². The summed E-state index contributed by atoms with van der Waals surface area (Å²) in [5.74, 6) is 0.975. The lowest BCUT2D eigenvalue weighted by Crippen LogP contribution is -2.27. The zero-order valence-corrected chi connectivity index (χ0v) is 10.4. The van der Waals surface area contributed by atoms with Gasteiger partial charge in [0.05, 0.1) is 0 Å². The summed E-state index contributed by atoms with van der Waals surface area (Å²) in [6.45, 7) is 11.8. The van der Waals surface area contributed by atoms with Gasteiger partial charge >= 0.3 is 0 Å². The van der Waals surface area contributed by atoms with E-state index in [9.17, 15) is 0 Å². The van der Waals surface area contributed by atoms with Crippen LogP contribution in [0.1, 0.15) is 32.4 Å². The first kappa shape index (κ1) is 12.7. The van der Waals surface area contributed by atoms with Crippen LogP contribution in [-0.2, 0) is 0 Å². The first-order valence-electron chi connectivity index (χ1n) is 5.66. The van der Waals surface area contributed by atoms with Crippen LogP contribution in [0.5, 0.6) is 0 Å². The number of hydrogen-bond donors (Lipinski definition) is 1. The summed E-state index contributed by atoms with van der Waals surface area (Å²) in [4.78, 5) is 6.62. The number of hydrogen-bond acceptors (Lipinski definition) is 3. The predicted octanol–water partition coefficient (Wildman–Crippen LogP) is 2.50. The molecule has 0 fully saturated rings. The monoisotopic (exact) mass is 219 g/mol. The summed E-state index contributed by atoms with van der Waals surface area (Å²) in [6.07, 6.45) is 1.81. The van der Waals surface area contributed by atoms with Gasteiger partial charge in [0.2, 0.25) is 0 Å². The number of pyridine rings is 1. The SMILES string of the molecule is C=C(C)CN(CC)c1ncccc1C(C)N. The second-order valence-electron chi connectivity index (χ2n) is 4.18. The van der Waals surface area contributed by atoms with E-state index in [1.807, 2.05) is 32.2 Å². The Labute approximate surface area is 98.0 Å². The van der Waals surface area contributed by atoms with Gasteiger partial charge in [-0.25, -0.2) is 4.98 Å². The molecule has 0 aliphatic heterocycles. The Morgan fingerprint density at radius 1 is 1.62 bits per heavy atom. The van der Waals surface area contributed by atoms with Gasteiger partial charge in [0.25, 0.3) is 0 Å². The maximum atomic E-state index is 5.95. The molecule has 0 saturated carbocycles. The first-order valence-corrected chi connectivity index (χ1v) is 5.66. The third kappa shape index (κ3) is 3.07. The van der Waals surface area contributed by atoms with E-state index in [0.29, 0.717) is 0 Å². The minimum Gasteiger partial charge on any atom is -0.353 e. The van der Waals surface area contributed by atoms with Crippen LogP contribution in [0.4, 0.5) is 5.82 Å². The van der Waals surface area contributed by atoms with E-state index >= 15 is 0 Å². The van der Waals surface area contributed by atoms with E-state index in [-0.39, 0.29) is 6.04 Å². The Balaban J connectivity index is 3.03. The van der Waals surface area contributed by atoms with Gasteiger partial charge in [-0.15, -0.1) is 0 Å². The van der Waals surface area contributed by atoms with Crippen LogP contribution in [0.2, 0.25) is 0 Å². The minimum atomic E-state index is 0.00266. The fourth-order valence-corrected chi connectivity index (χ4v) is 1.69. The quantitative estimate of drug-likeness (QED) is 0.774. The lowest BCUT2D eigenvalue weighted by Gasteiger charge is -2.25. The van der Waals surface area contributed by atoms with E-state index in [0.717, 1.165) is 30.0 Å². The molecule has 0 aliphatic rings. The fourth-order valence-electron chi connectivity index (χ4n) is 1.69. The molecule has 88 valence electrons. The van der Waals surface area contributed by atoms with Gasteiger partial charge in [-0.3, -0.25) is 0 Å². The van der Waals surface area contributed by atoms with Crippen LogP contribution >= 0.6 is 0 Å². The zero-order chi connectivity index (χ0) is 12.1. The van der Waals surface area contributed by atoms with Gasteiger partial charge in [-0.1, -0.05) is 18.2 Å². The number of anilines is 1. The molecule has 3 nitrogen and oxygen atoms in total. The minimum absolute atomic E-state index is 0.00266. The van der Waals surface area contributed by atoms with Gasteiger partial charge in [0.15, 0.2) is 0 Å². The number of aromatic nitrogens is 1. The van der Waals surface area contributed by atoms with Crippen molar-refractivity contribution in [3.05, 3.63) is 36.0 Å². The molecule has 0 bridgehead atoms. The zero-order valence-electron chi connectivity index (χ0n) is 10.4. The molecule has 0 aromatic carbocycles. The van der Waals surface area contributed by atoms with Crippen molar-refractivity contribution in [3.8, 4) is 0 Å². The number of likely N-dealkylation sites (N-methyl/N-ethyl adjacent to an activating group) is 1. The smallest absolute Gasteiger partial charge is 0.133 e. The van der Waals surface area contributed by atoms with Gasteiger partial charge in [-0.05, 0) is 26.8 Å². The summed E-state index contributed by atoms with van der Waals surface area (Å²) < 4.78 is 0. The Bertz CT molecular complexity index is 358. The molecular formula is C13H21N3. The molecular weight excluding hydrogens is 198 g/mol. The van der Waals surface area contributed by atoms with E-state index in [1.165, 1.54) is 0 Å². The molecule has 0 aliphatic carbocycles. The average molecular weight is 219 g/mol. The van der Waals surface area contributed by atoms with Gasteiger partial charge < -0.3 is 10.6 Å². The molecule has 16 heavy (non-hydrogen) atoms. The molecule has 0 amide bonds. The lowest BCUT2D eigenvalue weighted by molar-refractivity contribution is 0.780. The van der Waals surface area contributed by atoms with Crippen molar-refractivity contribution in [2.75, 3.05) is 18.0 Å². The van der Waals surface area contributed by atoms with E-state index in [4.69, 9.17) is 5.73 Å². The number of nitrogens with two attached hydrogens (primary N) is 1. The van der Waals surface area contributed by atoms with E-state index in [2.05, 4.69) is 23.4 Å². The van der Waals surface area contributed by atoms with Crippen molar-refractivity contribution in [3.63, 3.8) is 0 Å². The third-order valence-electron chi connectivity index (χ3n) is 2.45. The van der Waals surface area contributed by atoms with Crippen molar-refractivity contribution in [1.29, 1.82) is 0 Å². The predicted molar refractivity (Wildman–Crippen MR) is 69.5 cm³/mol. The molecule has 1 rings (SSSR count). The largest absolute Gasteiger partial charge is 0.353 e. The fraction of sp³-hybridized carbons (Fsp3) is 0.462. The maximum absolute atomic E-state index is 5.95. The third-order valence-corrected chi connectivity index (χ3v) is 2.45. The highest BCUT2D eigenvalue weighted by Crippen LogP contribution is 2.22. The first-order chi connectivity index (χ1) is 7.56. The molecule has 1 heterocycles. The Kier molecular flexibility index (Phi) is 4.50. The maximum Gasteiger partial charge on any atom is 0.133 e. The highest BCUT2D eigenvalue weighted by molar-refractivity contribution is 5.49. The van der Waals surface area contributed by atoms with Crippen molar-refractivity contribution >= 4 is 5.82 Å². The summed E-state index contributed by atoms with van der Waals surface area (Å²) in [5.41, 5.74) is 8.17. The highest BCUT2D eigenvalue weighted by Gasteiger charge is 2.13. The van der Waals surface area contributed by atoms with Crippen LogP contribution < -0.4 is 10.6 Å². The highest BCUT2D eigenvalue weighted by atomic mass is 15.2. The molecule has 1 aromatic heterocycles. The number of nitrogens with zero attached hydrogens (tertiary/aromatic N) is 2. The lowest BCUT2D eigenvalue weighted by atomic mass is 10.1. The topological polar surface area (TPSA) is 42.2 Å². The van der Waals surface area contributed by atoms with Crippen molar-refractivity contribution < 1.29 is 0 Å². The summed E-state index contributed by atoms with van der Waals surface area (Å²) >= 11 is 0.